The van der Waals surface area contributed by atoms with Gasteiger partial charge in [-0.15, -0.1) is 12.4 Å². The van der Waals surface area contributed by atoms with E-state index in [0.29, 0.717) is 0 Å². The minimum absolute atomic E-state index is 0. The van der Waals surface area contributed by atoms with Gasteiger partial charge in [-0.1, -0.05) is 17.7 Å². The third-order valence-corrected chi connectivity index (χ3v) is 4.67. The van der Waals surface area contributed by atoms with Gasteiger partial charge in [-0.05, 0) is 37.5 Å². The van der Waals surface area contributed by atoms with Crippen molar-refractivity contribution in [2.45, 2.75) is 38.3 Å². The van der Waals surface area contributed by atoms with E-state index in [1.54, 1.807) is 11.8 Å². The van der Waals surface area contributed by atoms with Crippen LogP contribution in [0.25, 0.3) is 0 Å². The molecular weight excluding hydrogens is 332 g/mol. The fourth-order valence-corrected chi connectivity index (χ4v) is 3.10. The summed E-state index contributed by atoms with van der Waals surface area (Å²) < 4.78 is 5.99. The molecule has 1 atom stereocenters. The number of ether oxygens (including phenoxy) is 1. The maximum atomic E-state index is 12.3. The van der Waals surface area contributed by atoms with Crippen LogP contribution < -0.4 is 10.5 Å². The minimum atomic E-state index is -0.359. The normalized spacial score (nSPS) is 16.6. The molecule has 0 saturated carbocycles. The zero-order valence-corrected chi connectivity index (χ0v) is 15.5. The second kappa shape index (κ2) is 10.1. The van der Waals surface area contributed by atoms with Gasteiger partial charge in [-0.25, -0.2) is 0 Å². The standard InChI is InChI=1S/C17H26N2O2S.ClH/c1-13-3-5-14(6-4-13)21-15-7-10-19(11-8-15)17(20)16(18)9-12-22-2;/h3-6,15-16H,7-12,18H2,1-2H3;1H/t16-;/m0./s1. The lowest BCUT2D eigenvalue weighted by Gasteiger charge is -2.33. The number of hydrogen-bond acceptors (Lipinski definition) is 4. The van der Waals surface area contributed by atoms with Gasteiger partial charge in [0, 0.05) is 25.9 Å². The zero-order valence-electron chi connectivity index (χ0n) is 13.9. The number of amides is 1. The molecule has 1 heterocycles. The predicted molar refractivity (Wildman–Crippen MR) is 99.6 cm³/mol. The number of hydrogen-bond donors (Lipinski definition) is 1. The highest BCUT2D eigenvalue weighted by molar-refractivity contribution is 7.98. The van der Waals surface area contributed by atoms with Crippen LogP contribution >= 0.6 is 24.2 Å². The Morgan fingerprint density at radius 2 is 1.96 bits per heavy atom. The Labute approximate surface area is 149 Å². The summed E-state index contributed by atoms with van der Waals surface area (Å²) in [6, 6.07) is 7.76. The van der Waals surface area contributed by atoms with Gasteiger partial charge in [0.1, 0.15) is 11.9 Å². The fourth-order valence-electron chi connectivity index (χ4n) is 2.61. The molecule has 0 radical (unpaired) electrons. The van der Waals surface area contributed by atoms with Crippen LogP contribution in [0.15, 0.2) is 24.3 Å². The second-order valence-corrected chi connectivity index (χ2v) is 6.83. The van der Waals surface area contributed by atoms with Crippen LogP contribution in [0.2, 0.25) is 0 Å². The quantitative estimate of drug-likeness (QED) is 0.849. The number of rotatable bonds is 6. The summed E-state index contributed by atoms with van der Waals surface area (Å²) in [5, 5.41) is 0. The maximum Gasteiger partial charge on any atom is 0.239 e. The van der Waals surface area contributed by atoms with Crippen LogP contribution in [0.3, 0.4) is 0 Å². The summed E-state index contributed by atoms with van der Waals surface area (Å²) in [6.07, 6.45) is 4.71. The van der Waals surface area contributed by atoms with Gasteiger partial charge < -0.3 is 15.4 Å². The molecular formula is C17H27ClN2O2S. The lowest BCUT2D eigenvalue weighted by atomic mass is 10.1. The second-order valence-electron chi connectivity index (χ2n) is 5.84. The topological polar surface area (TPSA) is 55.6 Å². The van der Waals surface area contributed by atoms with E-state index in [1.807, 2.05) is 23.3 Å². The van der Waals surface area contributed by atoms with E-state index in [1.165, 1.54) is 5.56 Å². The average Bonchev–Trinajstić information content (AvgIpc) is 2.55. The van der Waals surface area contributed by atoms with Gasteiger partial charge >= 0.3 is 0 Å². The first-order chi connectivity index (χ1) is 10.6. The number of carbonyl (C=O) groups is 1. The number of thioether (sulfide) groups is 1. The van der Waals surface area contributed by atoms with E-state index in [4.69, 9.17) is 10.5 Å². The van der Waals surface area contributed by atoms with Crippen molar-refractivity contribution < 1.29 is 9.53 Å². The third-order valence-electron chi connectivity index (χ3n) is 4.03. The van der Waals surface area contributed by atoms with Crippen molar-refractivity contribution in [1.29, 1.82) is 0 Å². The van der Waals surface area contributed by atoms with Gasteiger partial charge in [0.05, 0.1) is 6.04 Å². The van der Waals surface area contributed by atoms with Gasteiger partial charge in [0.15, 0.2) is 0 Å². The first kappa shape index (κ1) is 20.1. The predicted octanol–water partition coefficient (Wildman–Crippen LogP) is 2.87. The Morgan fingerprint density at radius 1 is 1.35 bits per heavy atom. The zero-order chi connectivity index (χ0) is 15.9. The van der Waals surface area contributed by atoms with Gasteiger partial charge in [-0.3, -0.25) is 4.79 Å². The van der Waals surface area contributed by atoms with E-state index in [2.05, 4.69) is 19.1 Å². The van der Waals surface area contributed by atoms with Crippen molar-refractivity contribution in [3.05, 3.63) is 29.8 Å². The first-order valence-corrected chi connectivity index (χ1v) is 9.26. The van der Waals surface area contributed by atoms with Crippen molar-refractivity contribution in [2.75, 3.05) is 25.1 Å². The Bertz CT molecular complexity index is 476. The monoisotopic (exact) mass is 358 g/mol. The van der Waals surface area contributed by atoms with Crippen LogP contribution in [0.1, 0.15) is 24.8 Å². The van der Waals surface area contributed by atoms with Crippen LogP contribution in [-0.4, -0.2) is 48.1 Å². The van der Waals surface area contributed by atoms with Crippen LogP contribution in [0.4, 0.5) is 0 Å². The number of halogens is 1. The molecule has 0 unspecified atom stereocenters. The summed E-state index contributed by atoms with van der Waals surface area (Å²) in [6.45, 7) is 3.54. The number of carbonyl (C=O) groups excluding carboxylic acids is 1. The molecule has 1 fully saturated rings. The van der Waals surface area contributed by atoms with Crippen LogP contribution in [0, 0.1) is 6.92 Å². The van der Waals surface area contributed by atoms with Crippen LogP contribution in [0.5, 0.6) is 5.75 Å². The number of benzene rings is 1. The Morgan fingerprint density at radius 3 is 2.52 bits per heavy atom. The number of likely N-dealkylation sites (tertiary alicyclic amines) is 1. The molecule has 1 aliphatic rings. The molecule has 2 N–H and O–H groups in total. The largest absolute Gasteiger partial charge is 0.490 e. The van der Waals surface area contributed by atoms with E-state index < -0.39 is 0 Å². The Balaban J connectivity index is 0.00000264. The molecule has 0 aromatic heterocycles. The Kier molecular flexibility index (Phi) is 8.81. The van der Waals surface area contributed by atoms with E-state index in [0.717, 1.165) is 43.9 Å². The van der Waals surface area contributed by atoms with Crippen molar-refractivity contribution in [3.63, 3.8) is 0 Å². The lowest BCUT2D eigenvalue weighted by Crippen LogP contribution is -2.48. The van der Waals surface area contributed by atoms with Gasteiger partial charge in [0.2, 0.25) is 5.91 Å². The maximum absolute atomic E-state index is 12.3. The molecule has 1 aliphatic heterocycles. The number of nitrogens with zero attached hydrogens (tertiary/aromatic N) is 1. The van der Waals surface area contributed by atoms with E-state index in [9.17, 15) is 4.79 Å². The molecule has 1 saturated heterocycles. The smallest absolute Gasteiger partial charge is 0.239 e. The SMILES string of the molecule is CSCC[C@H](N)C(=O)N1CCC(Oc2ccc(C)cc2)CC1.Cl. The number of aryl methyl sites for hydroxylation is 1. The number of nitrogens with two attached hydrogens (primary N) is 1. The lowest BCUT2D eigenvalue weighted by molar-refractivity contribution is -0.134. The summed E-state index contributed by atoms with van der Waals surface area (Å²) >= 11 is 1.73. The van der Waals surface area contributed by atoms with Crippen molar-refractivity contribution >= 4 is 30.1 Å². The molecule has 0 aliphatic carbocycles. The summed E-state index contributed by atoms with van der Waals surface area (Å²) in [5.74, 6) is 1.93. The van der Waals surface area contributed by atoms with Crippen LogP contribution in [-0.2, 0) is 4.79 Å². The molecule has 4 nitrogen and oxygen atoms in total. The summed E-state index contributed by atoms with van der Waals surface area (Å²) in [7, 11) is 0. The fraction of sp³-hybridized carbons (Fsp3) is 0.588. The molecule has 2 rings (SSSR count). The van der Waals surface area contributed by atoms with Crippen molar-refractivity contribution in [3.8, 4) is 5.75 Å². The molecule has 1 aromatic carbocycles. The highest BCUT2D eigenvalue weighted by Crippen LogP contribution is 2.20. The van der Waals surface area contributed by atoms with Gasteiger partial charge in [0.25, 0.3) is 0 Å². The van der Waals surface area contributed by atoms with Crippen molar-refractivity contribution in [1.82, 2.24) is 4.90 Å². The molecule has 1 aromatic rings. The highest BCUT2D eigenvalue weighted by Gasteiger charge is 2.26. The summed E-state index contributed by atoms with van der Waals surface area (Å²) in [4.78, 5) is 14.1. The minimum Gasteiger partial charge on any atom is -0.490 e. The van der Waals surface area contributed by atoms with Crippen molar-refractivity contribution in [2.24, 2.45) is 5.73 Å². The van der Waals surface area contributed by atoms with E-state index in [-0.39, 0.29) is 30.5 Å². The molecule has 1 amide bonds. The average molecular weight is 359 g/mol. The Hall–Kier alpha value is -0.910. The highest BCUT2D eigenvalue weighted by atomic mass is 35.5. The molecule has 0 spiro atoms. The molecule has 0 bridgehead atoms. The molecule has 23 heavy (non-hydrogen) atoms. The molecule has 6 heteroatoms. The van der Waals surface area contributed by atoms with Gasteiger partial charge in [-0.2, -0.15) is 11.8 Å². The summed E-state index contributed by atoms with van der Waals surface area (Å²) in [5.41, 5.74) is 7.20. The first-order valence-electron chi connectivity index (χ1n) is 7.87. The third kappa shape index (κ3) is 6.24. The molecule has 130 valence electrons. The number of piperidine rings is 1. The van der Waals surface area contributed by atoms with E-state index >= 15 is 0 Å².